The third-order valence-electron chi connectivity index (χ3n) is 4.95. The van der Waals surface area contributed by atoms with E-state index in [1.54, 1.807) is 11.1 Å². The SMILES string of the molecule is NC1CCc2cc(-c3ccc4c(c3)CCCC4)ccc21. The van der Waals surface area contributed by atoms with E-state index in [0.29, 0.717) is 0 Å². The molecule has 0 aromatic heterocycles. The van der Waals surface area contributed by atoms with Crippen molar-refractivity contribution in [2.75, 3.05) is 0 Å². The predicted molar refractivity (Wildman–Crippen MR) is 83.8 cm³/mol. The summed E-state index contributed by atoms with van der Waals surface area (Å²) in [5.41, 5.74) is 14.8. The molecule has 1 nitrogen and oxygen atoms in total. The van der Waals surface area contributed by atoms with E-state index in [1.165, 1.54) is 47.9 Å². The molecule has 0 bridgehead atoms. The van der Waals surface area contributed by atoms with Crippen molar-refractivity contribution >= 4 is 0 Å². The van der Waals surface area contributed by atoms with E-state index in [1.807, 2.05) is 0 Å². The monoisotopic (exact) mass is 263 g/mol. The van der Waals surface area contributed by atoms with Gasteiger partial charge in [-0.05, 0) is 71.9 Å². The summed E-state index contributed by atoms with van der Waals surface area (Å²) in [4.78, 5) is 0. The zero-order chi connectivity index (χ0) is 13.5. The van der Waals surface area contributed by atoms with Crippen molar-refractivity contribution in [1.82, 2.24) is 0 Å². The van der Waals surface area contributed by atoms with Gasteiger partial charge in [0, 0.05) is 6.04 Å². The molecule has 0 saturated heterocycles. The van der Waals surface area contributed by atoms with Crippen LogP contribution in [-0.4, -0.2) is 0 Å². The lowest BCUT2D eigenvalue weighted by Gasteiger charge is -2.17. The second-order valence-electron chi connectivity index (χ2n) is 6.25. The lowest BCUT2D eigenvalue weighted by molar-refractivity contribution is 0.686. The molecule has 2 aromatic rings. The van der Waals surface area contributed by atoms with Crippen LogP contribution in [0.25, 0.3) is 11.1 Å². The molecule has 102 valence electrons. The molecular weight excluding hydrogens is 242 g/mol. The zero-order valence-corrected chi connectivity index (χ0v) is 11.9. The molecule has 0 radical (unpaired) electrons. The maximum Gasteiger partial charge on any atom is 0.0300 e. The topological polar surface area (TPSA) is 26.0 Å². The van der Waals surface area contributed by atoms with Gasteiger partial charge in [0.15, 0.2) is 0 Å². The third-order valence-corrected chi connectivity index (χ3v) is 4.95. The lowest BCUT2D eigenvalue weighted by atomic mass is 9.88. The van der Waals surface area contributed by atoms with Crippen LogP contribution in [-0.2, 0) is 19.3 Å². The van der Waals surface area contributed by atoms with Crippen molar-refractivity contribution in [3.8, 4) is 11.1 Å². The normalized spacial score (nSPS) is 20.6. The largest absolute Gasteiger partial charge is 0.324 e. The highest BCUT2D eigenvalue weighted by molar-refractivity contribution is 5.67. The van der Waals surface area contributed by atoms with Crippen molar-refractivity contribution < 1.29 is 0 Å². The fraction of sp³-hybridized carbons (Fsp3) is 0.368. The Hall–Kier alpha value is -1.60. The van der Waals surface area contributed by atoms with Crippen LogP contribution in [0, 0.1) is 0 Å². The van der Waals surface area contributed by atoms with Gasteiger partial charge in [0.05, 0.1) is 0 Å². The van der Waals surface area contributed by atoms with E-state index in [-0.39, 0.29) is 6.04 Å². The smallest absolute Gasteiger partial charge is 0.0300 e. The van der Waals surface area contributed by atoms with Crippen LogP contribution < -0.4 is 5.73 Å². The van der Waals surface area contributed by atoms with E-state index in [2.05, 4.69) is 36.4 Å². The standard InChI is InChI=1S/C19H21N/c20-19-10-8-17-12-16(7-9-18(17)19)15-6-5-13-3-1-2-4-14(13)11-15/h5-7,9,11-12,19H,1-4,8,10,20H2. The number of aryl methyl sites for hydroxylation is 3. The fourth-order valence-electron chi connectivity index (χ4n) is 3.74. The molecule has 0 saturated carbocycles. The van der Waals surface area contributed by atoms with Crippen LogP contribution in [0.4, 0.5) is 0 Å². The molecule has 4 rings (SSSR count). The summed E-state index contributed by atoms with van der Waals surface area (Å²) in [6, 6.07) is 14.1. The Morgan fingerprint density at radius 3 is 2.30 bits per heavy atom. The van der Waals surface area contributed by atoms with Gasteiger partial charge in [0.25, 0.3) is 0 Å². The summed E-state index contributed by atoms with van der Waals surface area (Å²) in [5.74, 6) is 0. The number of benzene rings is 2. The van der Waals surface area contributed by atoms with Gasteiger partial charge in [0.1, 0.15) is 0 Å². The molecule has 1 unspecified atom stereocenters. The first-order valence-corrected chi connectivity index (χ1v) is 7.82. The van der Waals surface area contributed by atoms with Gasteiger partial charge in [-0.3, -0.25) is 0 Å². The Morgan fingerprint density at radius 1 is 0.750 bits per heavy atom. The molecule has 1 atom stereocenters. The first kappa shape index (κ1) is 12.2. The first-order valence-electron chi connectivity index (χ1n) is 7.82. The number of hydrogen-bond donors (Lipinski definition) is 1. The van der Waals surface area contributed by atoms with Crippen LogP contribution in [0.5, 0.6) is 0 Å². The van der Waals surface area contributed by atoms with E-state index >= 15 is 0 Å². The Balaban J connectivity index is 1.74. The average Bonchev–Trinajstić information content (AvgIpc) is 2.88. The number of fused-ring (bicyclic) bond motifs is 2. The Morgan fingerprint density at radius 2 is 1.45 bits per heavy atom. The first-order chi connectivity index (χ1) is 9.81. The Bertz CT molecular complexity index is 648. The highest BCUT2D eigenvalue weighted by Gasteiger charge is 2.19. The quantitative estimate of drug-likeness (QED) is 0.820. The highest BCUT2D eigenvalue weighted by atomic mass is 14.6. The lowest BCUT2D eigenvalue weighted by Crippen LogP contribution is -2.05. The van der Waals surface area contributed by atoms with Gasteiger partial charge in [-0.1, -0.05) is 36.4 Å². The molecule has 1 heteroatoms. The van der Waals surface area contributed by atoms with Gasteiger partial charge >= 0.3 is 0 Å². The van der Waals surface area contributed by atoms with Crippen molar-refractivity contribution in [2.24, 2.45) is 5.73 Å². The summed E-state index contributed by atoms with van der Waals surface area (Å²) in [6.07, 6.45) is 7.43. The van der Waals surface area contributed by atoms with Gasteiger partial charge in [-0.15, -0.1) is 0 Å². The van der Waals surface area contributed by atoms with Crippen LogP contribution in [0.1, 0.15) is 47.6 Å². The Labute approximate surface area is 120 Å². The molecule has 0 aliphatic heterocycles. The minimum absolute atomic E-state index is 0.252. The fourth-order valence-corrected chi connectivity index (χ4v) is 3.74. The molecule has 0 spiro atoms. The van der Waals surface area contributed by atoms with Crippen LogP contribution in [0.3, 0.4) is 0 Å². The van der Waals surface area contributed by atoms with Gasteiger partial charge in [-0.25, -0.2) is 0 Å². The predicted octanol–water partition coefficient (Wildman–Crippen LogP) is 4.18. The second kappa shape index (κ2) is 4.75. The van der Waals surface area contributed by atoms with Crippen molar-refractivity contribution in [3.63, 3.8) is 0 Å². The summed E-state index contributed by atoms with van der Waals surface area (Å²) < 4.78 is 0. The molecule has 2 aromatic carbocycles. The Kier molecular flexibility index (Phi) is 2.89. The highest BCUT2D eigenvalue weighted by Crippen LogP contribution is 2.34. The van der Waals surface area contributed by atoms with E-state index in [0.717, 1.165) is 12.8 Å². The number of rotatable bonds is 1. The molecular formula is C19H21N. The summed E-state index contributed by atoms with van der Waals surface area (Å²) in [5, 5.41) is 0. The average molecular weight is 263 g/mol. The number of nitrogens with two attached hydrogens (primary N) is 1. The molecule has 20 heavy (non-hydrogen) atoms. The van der Waals surface area contributed by atoms with E-state index in [4.69, 9.17) is 5.73 Å². The molecule has 2 aliphatic carbocycles. The summed E-state index contributed by atoms with van der Waals surface area (Å²) in [6.45, 7) is 0. The van der Waals surface area contributed by atoms with Crippen LogP contribution in [0.2, 0.25) is 0 Å². The maximum atomic E-state index is 6.13. The molecule has 0 amide bonds. The minimum atomic E-state index is 0.252. The van der Waals surface area contributed by atoms with E-state index in [9.17, 15) is 0 Å². The molecule has 0 heterocycles. The second-order valence-corrected chi connectivity index (χ2v) is 6.25. The minimum Gasteiger partial charge on any atom is -0.324 e. The third kappa shape index (κ3) is 1.97. The summed E-state index contributed by atoms with van der Waals surface area (Å²) >= 11 is 0. The molecule has 2 N–H and O–H groups in total. The van der Waals surface area contributed by atoms with Gasteiger partial charge in [-0.2, -0.15) is 0 Å². The van der Waals surface area contributed by atoms with E-state index < -0.39 is 0 Å². The molecule has 0 fully saturated rings. The van der Waals surface area contributed by atoms with Crippen molar-refractivity contribution in [1.29, 1.82) is 0 Å². The zero-order valence-electron chi connectivity index (χ0n) is 11.9. The van der Waals surface area contributed by atoms with Gasteiger partial charge < -0.3 is 5.73 Å². The summed E-state index contributed by atoms with van der Waals surface area (Å²) in [7, 11) is 0. The van der Waals surface area contributed by atoms with Crippen LogP contribution >= 0.6 is 0 Å². The van der Waals surface area contributed by atoms with Crippen LogP contribution in [0.15, 0.2) is 36.4 Å². The number of hydrogen-bond acceptors (Lipinski definition) is 1. The van der Waals surface area contributed by atoms with Crippen molar-refractivity contribution in [2.45, 2.75) is 44.6 Å². The maximum absolute atomic E-state index is 6.13. The molecule has 2 aliphatic rings. The van der Waals surface area contributed by atoms with Crippen molar-refractivity contribution in [3.05, 3.63) is 58.7 Å². The van der Waals surface area contributed by atoms with Gasteiger partial charge in [0.2, 0.25) is 0 Å².